The average molecular weight is 255 g/mol. The Balaban J connectivity index is 2.17. The van der Waals surface area contributed by atoms with Crippen LogP contribution in [-0.2, 0) is 5.54 Å². The molecule has 1 aliphatic carbocycles. The summed E-state index contributed by atoms with van der Waals surface area (Å²) in [6, 6.07) is 21.0. The summed E-state index contributed by atoms with van der Waals surface area (Å²) in [4.78, 5) is 3.96. The van der Waals surface area contributed by atoms with Crippen molar-refractivity contribution >= 4 is 10.8 Å². The number of benzene rings is 3. The quantitative estimate of drug-likeness (QED) is 0.498. The van der Waals surface area contributed by atoms with Crippen LogP contribution in [0.2, 0.25) is 0 Å². The summed E-state index contributed by atoms with van der Waals surface area (Å²) in [6.45, 7) is 9.72. The molecule has 0 fully saturated rings. The molecule has 4 rings (SSSR count). The normalized spacial score (nSPS) is 19.4. The van der Waals surface area contributed by atoms with E-state index in [-0.39, 0.29) is 0 Å². The summed E-state index contributed by atoms with van der Waals surface area (Å²) in [5.74, 6) is 0. The zero-order chi connectivity index (χ0) is 13.7. The van der Waals surface area contributed by atoms with Crippen molar-refractivity contribution in [2.45, 2.75) is 12.5 Å². The lowest BCUT2D eigenvalue weighted by Crippen LogP contribution is -2.14. The fourth-order valence-electron chi connectivity index (χ4n) is 3.27. The number of nitrogens with zero attached hydrogens (tertiary/aromatic N) is 1. The molecule has 20 heavy (non-hydrogen) atoms. The Labute approximate surface area is 118 Å². The molecule has 0 heterocycles. The van der Waals surface area contributed by atoms with Gasteiger partial charge in [-0.05, 0) is 40.1 Å². The fraction of sp³-hybridized carbons (Fsp3) is 0.105. The van der Waals surface area contributed by atoms with Gasteiger partial charge in [0.15, 0.2) is 0 Å². The minimum absolute atomic E-state index is 0.560. The number of hydrogen-bond donors (Lipinski definition) is 0. The summed E-state index contributed by atoms with van der Waals surface area (Å²) in [5, 5.41) is 2.43. The summed E-state index contributed by atoms with van der Waals surface area (Å²) in [7, 11) is 0. The molecular weight excluding hydrogens is 242 g/mol. The standard InChI is InChI=1S/C19H13N/c1-19(20-2)17-10-6-5-9-15(17)16-11-13-7-3-4-8-14(13)12-18(16)19/h3-12H,1H3. The van der Waals surface area contributed by atoms with E-state index in [2.05, 4.69) is 47.3 Å². The van der Waals surface area contributed by atoms with Gasteiger partial charge in [-0.15, -0.1) is 0 Å². The van der Waals surface area contributed by atoms with Crippen LogP contribution in [0.4, 0.5) is 0 Å². The molecule has 1 atom stereocenters. The minimum Gasteiger partial charge on any atom is -0.300 e. The van der Waals surface area contributed by atoms with Crippen molar-refractivity contribution in [1.29, 1.82) is 0 Å². The molecule has 1 unspecified atom stereocenters. The smallest absolute Gasteiger partial charge is 0.281 e. The van der Waals surface area contributed by atoms with Crippen molar-refractivity contribution in [2.75, 3.05) is 0 Å². The van der Waals surface area contributed by atoms with Gasteiger partial charge in [-0.25, -0.2) is 6.57 Å². The molecule has 1 heteroatoms. The van der Waals surface area contributed by atoms with Gasteiger partial charge in [0.25, 0.3) is 5.54 Å². The van der Waals surface area contributed by atoms with Crippen molar-refractivity contribution < 1.29 is 0 Å². The van der Waals surface area contributed by atoms with E-state index in [1.807, 2.05) is 25.1 Å². The first-order valence-electron chi connectivity index (χ1n) is 6.76. The van der Waals surface area contributed by atoms with Crippen LogP contribution in [0.3, 0.4) is 0 Å². The van der Waals surface area contributed by atoms with Crippen LogP contribution in [0.15, 0.2) is 60.7 Å². The fourth-order valence-corrected chi connectivity index (χ4v) is 3.27. The minimum atomic E-state index is -0.560. The summed E-state index contributed by atoms with van der Waals surface area (Å²) >= 11 is 0. The maximum Gasteiger partial charge on any atom is 0.281 e. The van der Waals surface area contributed by atoms with Crippen LogP contribution in [-0.4, -0.2) is 0 Å². The first kappa shape index (κ1) is 11.3. The van der Waals surface area contributed by atoms with Gasteiger partial charge in [0.1, 0.15) is 0 Å². The third-order valence-corrected chi connectivity index (χ3v) is 4.38. The lowest BCUT2D eigenvalue weighted by atomic mass is 9.89. The number of rotatable bonds is 0. The molecule has 0 saturated heterocycles. The van der Waals surface area contributed by atoms with Gasteiger partial charge in [-0.2, -0.15) is 0 Å². The predicted molar refractivity (Wildman–Crippen MR) is 82.4 cm³/mol. The molecule has 0 aromatic heterocycles. The van der Waals surface area contributed by atoms with Crippen molar-refractivity contribution in [1.82, 2.24) is 0 Å². The first-order valence-corrected chi connectivity index (χ1v) is 6.76. The summed E-state index contributed by atoms with van der Waals surface area (Å²) in [6.07, 6.45) is 0. The molecule has 94 valence electrons. The molecule has 0 spiro atoms. The molecule has 0 amide bonds. The van der Waals surface area contributed by atoms with Crippen molar-refractivity contribution in [3.05, 3.63) is 83.2 Å². The highest BCUT2D eigenvalue weighted by Gasteiger charge is 2.45. The van der Waals surface area contributed by atoms with Crippen LogP contribution < -0.4 is 0 Å². The Morgan fingerprint density at radius 1 is 0.800 bits per heavy atom. The van der Waals surface area contributed by atoms with Gasteiger partial charge >= 0.3 is 0 Å². The van der Waals surface area contributed by atoms with Crippen molar-refractivity contribution in [3.8, 4) is 11.1 Å². The second-order valence-corrected chi connectivity index (χ2v) is 5.47. The van der Waals surface area contributed by atoms with E-state index in [0.717, 1.165) is 11.1 Å². The van der Waals surface area contributed by atoms with Crippen LogP contribution in [0.1, 0.15) is 18.1 Å². The monoisotopic (exact) mass is 255 g/mol. The van der Waals surface area contributed by atoms with Crippen molar-refractivity contribution in [3.63, 3.8) is 0 Å². The van der Waals surface area contributed by atoms with Crippen LogP contribution >= 0.6 is 0 Å². The molecule has 1 nitrogen and oxygen atoms in total. The molecule has 3 aromatic rings. The average Bonchev–Trinajstić information content (AvgIpc) is 2.76. The Bertz CT molecular complexity index is 886. The third-order valence-electron chi connectivity index (χ3n) is 4.38. The van der Waals surface area contributed by atoms with E-state index < -0.39 is 5.54 Å². The van der Waals surface area contributed by atoms with Crippen molar-refractivity contribution in [2.24, 2.45) is 0 Å². The maximum atomic E-state index is 7.69. The molecule has 0 N–H and O–H groups in total. The van der Waals surface area contributed by atoms with Crippen LogP contribution in [0.25, 0.3) is 26.7 Å². The molecule has 3 aromatic carbocycles. The maximum absolute atomic E-state index is 7.69. The van der Waals surface area contributed by atoms with Gasteiger partial charge in [-0.1, -0.05) is 42.5 Å². The highest BCUT2D eigenvalue weighted by molar-refractivity contribution is 5.93. The van der Waals surface area contributed by atoms with Crippen LogP contribution in [0, 0.1) is 6.57 Å². The second kappa shape index (κ2) is 3.71. The van der Waals surface area contributed by atoms with E-state index in [1.54, 1.807) is 0 Å². The van der Waals surface area contributed by atoms with Crippen LogP contribution in [0.5, 0.6) is 0 Å². The van der Waals surface area contributed by atoms with E-state index in [9.17, 15) is 0 Å². The Morgan fingerprint density at radius 3 is 2.20 bits per heavy atom. The van der Waals surface area contributed by atoms with E-state index in [0.29, 0.717) is 0 Å². The molecule has 0 saturated carbocycles. The van der Waals surface area contributed by atoms with Gasteiger partial charge < -0.3 is 4.85 Å². The molecule has 0 radical (unpaired) electrons. The zero-order valence-electron chi connectivity index (χ0n) is 11.2. The van der Waals surface area contributed by atoms with Gasteiger partial charge in [-0.3, -0.25) is 0 Å². The lowest BCUT2D eigenvalue weighted by Gasteiger charge is -2.13. The predicted octanol–water partition coefficient (Wildman–Crippen LogP) is 5.00. The van der Waals surface area contributed by atoms with E-state index in [1.165, 1.54) is 21.9 Å². The summed E-state index contributed by atoms with van der Waals surface area (Å²) in [5.41, 5.74) is 4.10. The third kappa shape index (κ3) is 1.26. The Morgan fingerprint density at radius 2 is 1.45 bits per heavy atom. The first-order chi connectivity index (χ1) is 9.74. The molecular formula is C19H13N. The van der Waals surface area contributed by atoms with Gasteiger partial charge in [0.2, 0.25) is 0 Å². The van der Waals surface area contributed by atoms with E-state index >= 15 is 0 Å². The molecule has 0 aliphatic heterocycles. The molecule has 1 aliphatic rings. The largest absolute Gasteiger partial charge is 0.300 e. The number of hydrogen-bond acceptors (Lipinski definition) is 0. The Hall–Kier alpha value is -2.59. The second-order valence-electron chi connectivity index (χ2n) is 5.47. The van der Waals surface area contributed by atoms with Gasteiger partial charge in [0.05, 0.1) is 0 Å². The number of fused-ring (bicyclic) bond motifs is 4. The van der Waals surface area contributed by atoms with Gasteiger partial charge in [0, 0.05) is 18.1 Å². The lowest BCUT2D eigenvalue weighted by molar-refractivity contribution is 0.742. The zero-order valence-corrected chi connectivity index (χ0v) is 11.2. The highest BCUT2D eigenvalue weighted by atomic mass is 14.8. The topological polar surface area (TPSA) is 4.36 Å². The summed E-state index contributed by atoms with van der Waals surface area (Å²) < 4.78 is 0. The Kier molecular flexibility index (Phi) is 2.09. The SMILES string of the molecule is [C-]#[N+]C1(C)c2ccccc2-c2cc3ccccc3cc21. The highest BCUT2D eigenvalue weighted by Crippen LogP contribution is 2.50. The van der Waals surface area contributed by atoms with E-state index in [4.69, 9.17) is 6.57 Å². The molecule has 0 bridgehead atoms.